The lowest BCUT2D eigenvalue weighted by Crippen LogP contribution is -2.51. The molecule has 2 N–H and O–H groups in total. The second-order valence-corrected chi connectivity index (χ2v) is 6.62. The third-order valence-electron chi connectivity index (χ3n) is 5.40. The molecule has 2 saturated carbocycles. The summed E-state index contributed by atoms with van der Waals surface area (Å²) < 4.78 is 5.93. The number of hydrogen-bond donors (Lipinski definition) is 2. The second-order valence-electron chi connectivity index (χ2n) is 6.62. The molecular formula is C15H25NO3. The molecule has 3 fully saturated rings. The number of ether oxygens (including phenoxy) is 1. The molecule has 1 aliphatic heterocycles. The minimum Gasteiger partial charge on any atom is -0.481 e. The summed E-state index contributed by atoms with van der Waals surface area (Å²) in [6, 6.07) is 0.532. The van der Waals surface area contributed by atoms with E-state index in [2.05, 4.69) is 5.32 Å². The van der Waals surface area contributed by atoms with Crippen molar-refractivity contribution < 1.29 is 14.6 Å². The Balaban J connectivity index is 1.47. The summed E-state index contributed by atoms with van der Waals surface area (Å²) in [6.45, 7) is 1.74. The van der Waals surface area contributed by atoms with Gasteiger partial charge in [-0.05, 0) is 57.4 Å². The predicted octanol–water partition coefficient (Wildman–Crippen LogP) is 2.18. The summed E-state index contributed by atoms with van der Waals surface area (Å²) in [5.41, 5.74) is 0.178. The van der Waals surface area contributed by atoms with Gasteiger partial charge in [0, 0.05) is 12.6 Å². The Hall–Kier alpha value is -0.610. The minimum absolute atomic E-state index is 0.120. The Morgan fingerprint density at radius 1 is 1.26 bits per heavy atom. The second kappa shape index (κ2) is 5.41. The van der Waals surface area contributed by atoms with Gasteiger partial charge in [-0.1, -0.05) is 6.42 Å². The number of carboxylic acids is 1. The Bertz CT molecular complexity index is 340. The highest BCUT2D eigenvalue weighted by molar-refractivity contribution is 5.70. The fourth-order valence-corrected chi connectivity index (χ4v) is 4.05. The molecule has 4 nitrogen and oxygen atoms in total. The average molecular weight is 267 g/mol. The van der Waals surface area contributed by atoms with E-state index in [4.69, 9.17) is 4.74 Å². The smallest absolute Gasteiger partial charge is 0.306 e. The molecule has 0 amide bonds. The monoisotopic (exact) mass is 267 g/mol. The van der Waals surface area contributed by atoms with Gasteiger partial charge in [-0.2, -0.15) is 0 Å². The lowest BCUT2D eigenvalue weighted by Gasteiger charge is -2.47. The molecule has 0 aromatic rings. The van der Waals surface area contributed by atoms with E-state index in [1.165, 1.54) is 19.3 Å². The van der Waals surface area contributed by atoms with E-state index >= 15 is 0 Å². The van der Waals surface area contributed by atoms with Crippen LogP contribution in [0.2, 0.25) is 0 Å². The van der Waals surface area contributed by atoms with Gasteiger partial charge in [0.15, 0.2) is 0 Å². The Labute approximate surface area is 114 Å². The van der Waals surface area contributed by atoms with E-state index in [1.54, 1.807) is 0 Å². The zero-order valence-electron chi connectivity index (χ0n) is 11.6. The Morgan fingerprint density at radius 2 is 2.11 bits per heavy atom. The maximum absolute atomic E-state index is 11.2. The zero-order chi connectivity index (χ0) is 13.3. The molecular weight excluding hydrogens is 242 g/mol. The van der Waals surface area contributed by atoms with Gasteiger partial charge in [0.1, 0.15) is 0 Å². The van der Waals surface area contributed by atoms with Gasteiger partial charge in [0.25, 0.3) is 0 Å². The van der Waals surface area contributed by atoms with E-state index in [9.17, 15) is 9.90 Å². The van der Waals surface area contributed by atoms with E-state index in [-0.39, 0.29) is 11.5 Å². The highest BCUT2D eigenvalue weighted by Gasteiger charge is 2.42. The predicted molar refractivity (Wildman–Crippen MR) is 72.0 cm³/mol. The molecule has 1 heterocycles. The standard InChI is InChI=1S/C15H25NO3/c17-14(18)13-4-1-3-11(13)10-16-12-5-8-19-15(9-12)6-2-7-15/h11-13,16H,1-10H2,(H,17,18). The summed E-state index contributed by atoms with van der Waals surface area (Å²) in [5.74, 6) is -0.394. The van der Waals surface area contributed by atoms with Crippen molar-refractivity contribution in [3.05, 3.63) is 0 Å². The lowest BCUT2D eigenvalue weighted by molar-refractivity contribution is -0.143. The number of rotatable bonds is 4. The number of aliphatic carboxylic acids is 1. The minimum atomic E-state index is -0.605. The number of carbonyl (C=O) groups is 1. The molecule has 4 heteroatoms. The van der Waals surface area contributed by atoms with Crippen LogP contribution in [0.5, 0.6) is 0 Å². The van der Waals surface area contributed by atoms with Crippen LogP contribution in [0, 0.1) is 11.8 Å². The van der Waals surface area contributed by atoms with E-state index in [0.717, 1.165) is 45.3 Å². The lowest BCUT2D eigenvalue weighted by atomic mass is 9.74. The maximum atomic E-state index is 11.2. The molecule has 1 spiro atoms. The summed E-state index contributed by atoms with van der Waals surface area (Å²) in [6.07, 6.45) is 8.93. The van der Waals surface area contributed by atoms with E-state index < -0.39 is 5.97 Å². The van der Waals surface area contributed by atoms with E-state index in [0.29, 0.717) is 12.0 Å². The molecule has 3 unspecified atom stereocenters. The molecule has 3 rings (SSSR count). The van der Waals surface area contributed by atoms with Gasteiger partial charge in [0.2, 0.25) is 0 Å². The van der Waals surface area contributed by atoms with Gasteiger partial charge >= 0.3 is 5.97 Å². The first-order valence-corrected chi connectivity index (χ1v) is 7.79. The number of hydrogen-bond acceptors (Lipinski definition) is 3. The molecule has 2 aliphatic carbocycles. The fourth-order valence-electron chi connectivity index (χ4n) is 4.05. The van der Waals surface area contributed by atoms with Crippen LogP contribution in [0.15, 0.2) is 0 Å². The third kappa shape index (κ3) is 2.79. The molecule has 0 aromatic heterocycles. The molecule has 1 saturated heterocycles. The highest BCUT2D eigenvalue weighted by Crippen LogP contribution is 2.42. The molecule has 19 heavy (non-hydrogen) atoms. The van der Waals surface area contributed by atoms with Gasteiger partial charge in [-0.25, -0.2) is 0 Å². The summed E-state index contributed by atoms with van der Waals surface area (Å²) in [7, 11) is 0. The van der Waals surface area contributed by atoms with E-state index in [1.807, 2.05) is 0 Å². The van der Waals surface area contributed by atoms with Crippen LogP contribution in [0.25, 0.3) is 0 Å². The van der Waals surface area contributed by atoms with Crippen LogP contribution in [0.3, 0.4) is 0 Å². The van der Waals surface area contributed by atoms with Crippen LogP contribution in [0.1, 0.15) is 51.4 Å². The van der Waals surface area contributed by atoms with Crippen molar-refractivity contribution in [2.24, 2.45) is 11.8 Å². The van der Waals surface area contributed by atoms with Gasteiger partial charge < -0.3 is 15.2 Å². The van der Waals surface area contributed by atoms with Crippen molar-refractivity contribution in [3.8, 4) is 0 Å². The SMILES string of the molecule is O=C(O)C1CCCC1CNC1CCOC2(CCC2)C1. The maximum Gasteiger partial charge on any atom is 0.306 e. The zero-order valence-corrected chi connectivity index (χ0v) is 11.6. The van der Waals surface area contributed by atoms with Crippen LogP contribution in [-0.2, 0) is 9.53 Å². The topological polar surface area (TPSA) is 58.6 Å². The fraction of sp³-hybridized carbons (Fsp3) is 0.933. The third-order valence-corrected chi connectivity index (χ3v) is 5.40. The summed E-state index contributed by atoms with van der Waals surface area (Å²) in [5, 5.41) is 12.8. The quantitative estimate of drug-likeness (QED) is 0.819. The van der Waals surface area contributed by atoms with Crippen LogP contribution in [-0.4, -0.2) is 35.9 Å². The average Bonchev–Trinajstić information content (AvgIpc) is 2.83. The van der Waals surface area contributed by atoms with Gasteiger partial charge in [-0.3, -0.25) is 4.79 Å². The van der Waals surface area contributed by atoms with Crippen molar-refractivity contribution in [3.63, 3.8) is 0 Å². The highest BCUT2D eigenvalue weighted by atomic mass is 16.5. The Morgan fingerprint density at radius 3 is 2.79 bits per heavy atom. The first-order valence-electron chi connectivity index (χ1n) is 7.79. The van der Waals surface area contributed by atoms with Crippen LogP contribution < -0.4 is 5.32 Å². The molecule has 0 radical (unpaired) electrons. The molecule has 3 atom stereocenters. The summed E-state index contributed by atoms with van der Waals surface area (Å²) >= 11 is 0. The largest absolute Gasteiger partial charge is 0.481 e. The molecule has 108 valence electrons. The first-order chi connectivity index (χ1) is 9.19. The molecule has 3 aliphatic rings. The van der Waals surface area contributed by atoms with Crippen molar-refractivity contribution in [2.75, 3.05) is 13.2 Å². The van der Waals surface area contributed by atoms with Crippen molar-refractivity contribution in [2.45, 2.75) is 63.0 Å². The van der Waals surface area contributed by atoms with Gasteiger partial charge in [0.05, 0.1) is 11.5 Å². The number of nitrogens with one attached hydrogen (secondary N) is 1. The van der Waals surface area contributed by atoms with Crippen LogP contribution >= 0.6 is 0 Å². The van der Waals surface area contributed by atoms with Crippen molar-refractivity contribution in [1.29, 1.82) is 0 Å². The molecule has 0 aromatic carbocycles. The van der Waals surface area contributed by atoms with Crippen molar-refractivity contribution in [1.82, 2.24) is 5.32 Å². The molecule has 0 bridgehead atoms. The van der Waals surface area contributed by atoms with Crippen molar-refractivity contribution >= 4 is 5.97 Å². The number of carboxylic acid groups (broad SMARTS) is 1. The van der Waals surface area contributed by atoms with Crippen LogP contribution in [0.4, 0.5) is 0 Å². The Kier molecular flexibility index (Phi) is 3.81. The first kappa shape index (κ1) is 13.4. The van der Waals surface area contributed by atoms with Gasteiger partial charge in [-0.15, -0.1) is 0 Å². The summed E-state index contributed by atoms with van der Waals surface area (Å²) in [4.78, 5) is 11.2. The normalized spacial score (nSPS) is 37.2.